The molecule has 2 aromatic rings. The molecule has 1 aliphatic rings. The van der Waals surface area contributed by atoms with E-state index >= 15 is 0 Å². The molecule has 7 heteroatoms. The molecule has 1 amide bonds. The first-order valence-electron chi connectivity index (χ1n) is 8.82. The van der Waals surface area contributed by atoms with E-state index in [2.05, 4.69) is 0 Å². The SMILES string of the molecule is COc1cc2c(cc1OC)C(CC(=O)O)N(C(=O)CCc1cccs1)CC2. The Morgan fingerprint density at radius 1 is 1.26 bits per heavy atom. The average Bonchev–Trinajstić information content (AvgIpc) is 3.18. The highest BCUT2D eigenvalue weighted by Gasteiger charge is 2.33. The Kier molecular flexibility index (Phi) is 6.01. The van der Waals surface area contributed by atoms with Crippen LogP contribution < -0.4 is 9.47 Å². The first-order chi connectivity index (χ1) is 13.0. The largest absolute Gasteiger partial charge is 0.493 e. The zero-order valence-electron chi connectivity index (χ0n) is 15.4. The normalized spacial score (nSPS) is 15.9. The van der Waals surface area contributed by atoms with Crippen molar-refractivity contribution in [3.63, 3.8) is 0 Å². The Hall–Kier alpha value is -2.54. The van der Waals surface area contributed by atoms with Crippen molar-refractivity contribution in [2.45, 2.75) is 31.7 Å². The number of rotatable bonds is 7. The maximum atomic E-state index is 12.9. The summed E-state index contributed by atoms with van der Waals surface area (Å²) in [5.74, 6) is 0.205. The van der Waals surface area contributed by atoms with Gasteiger partial charge in [-0.3, -0.25) is 9.59 Å². The second-order valence-electron chi connectivity index (χ2n) is 6.44. The molecule has 27 heavy (non-hydrogen) atoms. The monoisotopic (exact) mass is 389 g/mol. The number of carbonyl (C=O) groups is 2. The number of benzene rings is 1. The second-order valence-corrected chi connectivity index (χ2v) is 7.47. The lowest BCUT2D eigenvalue weighted by Crippen LogP contribution is -2.41. The van der Waals surface area contributed by atoms with Gasteiger partial charge in [-0.15, -0.1) is 11.3 Å². The summed E-state index contributed by atoms with van der Waals surface area (Å²) in [6.07, 6.45) is 1.58. The molecule has 1 N–H and O–H groups in total. The van der Waals surface area contributed by atoms with Crippen molar-refractivity contribution < 1.29 is 24.2 Å². The molecule has 0 fully saturated rings. The maximum Gasteiger partial charge on any atom is 0.305 e. The Morgan fingerprint density at radius 2 is 2.00 bits per heavy atom. The minimum Gasteiger partial charge on any atom is -0.493 e. The van der Waals surface area contributed by atoms with Gasteiger partial charge in [0.15, 0.2) is 11.5 Å². The van der Waals surface area contributed by atoms with Crippen molar-refractivity contribution in [2.75, 3.05) is 20.8 Å². The molecule has 0 aliphatic carbocycles. The van der Waals surface area contributed by atoms with Crippen LogP contribution in [0.15, 0.2) is 29.6 Å². The van der Waals surface area contributed by atoms with Crippen LogP contribution in [0.4, 0.5) is 0 Å². The average molecular weight is 389 g/mol. The fourth-order valence-electron chi connectivity index (χ4n) is 3.54. The molecule has 1 atom stereocenters. The number of aliphatic carboxylic acids is 1. The molecular weight excluding hydrogens is 366 g/mol. The minimum atomic E-state index is -0.932. The maximum absolute atomic E-state index is 12.9. The Morgan fingerprint density at radius 3 is 2.63 bits per heavy atom. The summed E-state index contributed by atoms with van der Waals surface area (Å²) in [4.78, 5) is 27.2. The molecule has 0 saturated carbocycles. The summed E-state index contributed by atoms with van der Waals surface area (Å²) in [5.41, 5.74) is 1.83. The van der Waals surface area contributed by atoms with E-state index in [9.17, 15) is 14.7 Å². The highest BCUT2D eigenvalue weighted by Crippen LogP contribution is 2.39. The van der Waals surface area contributed by atoms with Gasteiger partial charge in [0, 0.05) is 17.8 Å². The molecule has 1 aliphatic heterocycles. The van der Waals surface area contributed by atoms with Gasteiger partial charge in [0.2, 0.25) is 5.91 Å². The molecule has 0 bridgehead atoms. The molecule has 1 aromatic carbocycles. The standard InChI is InChI=1S/C20H23NO5S/c1-25-17-10-13-7-8-21(19(22)6-5-14-4-3-9-27-14)16(12-20(23)24)15(13)11-18(17)26-2/h3-4,9-11,16H,5-8,12H2,1-2H3,(H,23,24). The van der Waals surface area contributed by atoms with Crippen LogP contribution in [0.2, 0.25) is 0 Å². The number of amides is 1. The lowest BCUT2D eigenvalue weighted by molar-refractivity contribution is -0.141. The molecule has 6 nitrogen and oxygen atoms in total. The Labute approximate surface area is 162 Å². The number of hydrogen-bond acceptors (Lipinski definition) is 5. The van der Waals surface area contributed by atoms with Gasteiger partial charge in [0.25, 0.3) is 0 Å². The van der Waals surface area contributed by atoms with Crippen molar-refractivity contribution in [3.05, 3.63) is 45.6 Å². The number of thiophene rings is 1. The van der Waals surface area contributed by atoms with Crippen LogP contribution in [0.25, 0.3) is 0 Å². The van der Waals surface area contributed by atoms with E-state index in [0.29, 0.717) is 37.3 Å². The number of nitrogens with zero attached hydrogens (tertiary/aromatic N) is 1. The Balaban J connectivity index is 1.87. The van der Waals surface area contributed by atoms with Crippen molar-refractivity contribution >= 4 is 23.2 Å². The van der Waals surface area contributed by atoms with Crippen LogP contribution in [-0.4, -0.2) is 42.6 Å². The first-order valence-corrected chi connectivity index (χ1v) is 9.70. The van der Waals surface area contributed by atoms with Gasteiger partial charge in [-0.05, 0) is 47.5 Å². The third-order valence-corrected chi connectivity index (χ3v) is 5.79. The number of carboxylic acid groups (broad SMARTS) is 1. The number of fused-ring (bicyclic) bond motifs is 1. The first kappa shape index (κ1) is 19.2. The van der Waals surface area contributed by atoms with Gasteiger partial charge < -0.3 is 19.5 Å². The molecule has 144 valence electrons. The summed E-state index contributed by atoms with van der Waals surface area (Å²) in [7, 11) is 3.12. The van der Waals surface area contributed by atoms with Crippen LogP contribution in [0, 0.1) is 0 Å². The van der Waals surface area contributed by atoms with Crippen LogP contribution in [0.5, 0.6) is 11.5 Å². The number of methoxy groups -OCH3 is 2. The van der Waals surface area contributed by atoms with E-state index in [-0.39, 0.29) is 12.3 Å². The summed E-state index contributed by atoms with van der Waals surface area (Å²) in [5, 5.41) is 11.4. The van der Waals surface area contributed by atoms with E-state index in [1.807, 2.05) is 23.6 Å². The molecule has 0 saturated heterocycles. The van der Waals surface area contributed by atoms with Gasteiger partial charge >= 0.3 is 5.97 Å². The third kappa shape index (κ3) is 4.24. The van der Waals surface area contributed by atoms with Gasteiger partial charge in [-0.1, -0.05) is 6.07 Å². The predicted molar refractivity (Wildman–Crippen MR) is 103 cm³/mol. The highest BCUT2D eigenvalue weighted by molar-refractivity contribution is 7.09. The van der Waals surface area contributed by atoms with Crippen molar-refractivity contribution in [1.82, 2.24) is 4.90 Å². The van der Waals surface area contributed by atoms with E-state index in [4.69, 9.17) is 9.47 Å². The van der Waals surface area contributed by atoms with Crippen LogP contribution >= 0.6 is 11.3 Å². The van der Waals surface area contributed by atoms with E-state index in [0.717, 1.165) is 16.0 Å². The lowest BCUT2D eigenvalue weighted by atomic mass is 9.89. The molecule has 2 heterocycles. The second kappa shape index (κ2) is 8.43. The number of hydrogen-bond donors (Lipinski definition) is 1. The fraction of sp³-hybridized carbons (Fsp3) is 0.400. The molecule has 3 rings (SSSR count). The number of ether oxygens (including phenoxy) is 2. The van der Waals surface area contributed by atoms with Gasteiger partial charge in [0.1, 0.15) is 0 Å². The van der Waals surface area contributed by atoms with E-state index in [1.54, 1.807) is 36.5 Å². The highest BCUT2D eigenvalue weighted by atomic mass is 32.1. The van der Waals surface area contributed by atoms with Crippen molar-refractivity contribution in [3.8, 4) is 11.5 Å². The summed E-state index contributed by atoms with van der Waals surface area (Å²) < 4.78 is 10.7. The topological polar surface area (TPSA) is 76.1 Å². The predicted octanol–water partition coefficient (Wildman–Crippen LogP) is 3.30. The van der Waals surface area contributed by atoms with Gasteiger partial charge in [-0.2, -0.15) is 0 Å². The van der Waals surface area contributed by atoms with Crippen LogP contribution in [0.1, 0.15) is 34.9 Å². The summed E-state index contributed by atoms with van der Waals surface area (Å²) in [6.45, 7) is 0.504. The summed E-state index contributed by atoms with van der Waals surface area (Å²) >= 11 is 1.63. The van der Waals surface area contributed by atoms with Crippen LogP contribution in [0.3, 0.4) is 0 Å². The van der Waals surface area contributed by atoms with Crippen molar-refractivity contribution in [1.29, 1.82) is 0 Å². The quantitative estimate of drug-likeness (QED) is 0.786. The molecule has 1 unspecified atom stereocenters. The molecule has 0 radical (unpaired) electrons. The number of carbonyl (C=O) groups excluding carboxylic acids is 1. The lowest BCUT2D eigenvalue weighted by Gasteiger charge is -2.37. The van der Waals surface area contributed by atoms with Crippen molar-refractivity contribution in [2.24, 2.45) is 0 Å². The molecule has 1 aromatic heterocycles. The van der Waals surface area contributed by atoms with Crippen LogP contribution in [-0.2, 0) is 22.4 Å². The summed E-state index contributed by atoms with van der Waals surface area (Å²) in [6, 6.07) is 7.17. The third-order valence-electron chi connectivity index (χ3n) is 4.86. The number of carboxylic acids is 1. The minimum absolute atomic E-state index is 0.0184. The zero-order valence-corrected chi connectivity index (χ0v) is 16.3. The van der Waals surface area contributed by atoms with E-state index < -0.39 is 12.0 Å². The molecular formula is C20H23NO5S. The number of aryl methyl sites for hydroxylation is 1. The fourth-order valence-corrected chi connectivity index (χ4v) is 4.25. The zero-order chi connectivity index (χ0) is 19.4. The smallest absolute Gasteiger partial charge is 0.305 e. The van der Waals surface area contributed by atoms with E-state index in [1.165, 1.54) is 0 Å². The molecule has 0 spiro atoms. The Bertz CT molecular complexity index is 818. The van der Waals surface area contributed by atoms with Gasteiger partial charge in [-0.25, -0.2) is 0 Å². The van der Waals surface area contributed by atoms with Gasteiger partial charge in [0.05, 0.1) is 26.7 Å².